The van der Waals surface area contributed by atoms with E-state index in [4.69, 9.17) is 0 Å². The number of carbonyl (C=O) groups is 3. The summed E-state index contributed by atoms with van der Waals surface area (Å²) in [5, 5.41) is 0. The minimum absolute atomic E-state index is 0.0696. The molecule has 0 spiro atoms. The lowest BCUT2D eigenvalue weighted by Gasteiger charge is -2.47. The highest BCUT2D eigenvalue weighted by molar-refractivity contribution is 6.06. The van der Waals surface area contributed by atoms with Crippen molar-refractivity contribution < 1.29 is 14.4 Å². The fourth-order valence-corrected chi connectivity index (χ4v) is 3.17. The van der Waals surface area contributed by atoms with Gasteiger partial charge in [0.15, 0.2) is 0 Å². The zero-order valence-electron chi connectivity index (χ0n) is 12.7. The highest BCUT2D eigenvalue weighted by atomic mass is 16.2. The molecule has 1 heterocycles. The van der Waals surface area contributed by atoms with Crippen LogP contribution in [-0.4, -0.2) is 41.4 Å². The summed E-state index contributed by atoms with van der Waals surface area (Å²) >= 11 is 0. The van der Waals surface area contributed by atoms with E-state index in [9.17, 15) is 14.4 Å². The molecule has 2 atom stereocenters. The summed E-state index contributed by atoms with van der Waals surface area (Å²) in [6.07, 6.45) is 1.31. The second kappa shape index (κ2) is 5.95. The van der Waals surface area contributed by atoms with Crippen LogP contribution in [0.4, 0.5) is 0 Å². The Labute approximate surface area is 115 Å². The van der Waals surface area contributed by atoms with Crippen LogP contribution in [-0.2, 0) is 14.4 Å². The topological polar surface area (TPSA) is 54.5 Å². The number of hydrogen-bond acceptors (Lipinski definition) is 4. The molecule has 108 valence electrons. The Hall–Kier alpha value is -1.03. The summed E-state index contributed by atoms with van der Waals surface area (Å²) in [6.45, 7) is 9.85. The van der Waals surface area contributed by atoms with E-state index in [2.05, 4.69) is 11.8 Å². The van der Waals surface area contributed by atoms with Crippen molar-refractivity contribution in [2.75, 3.05) is 13.1 Å². The molecule has 1 fully saturated rings. The van der Waals surface area contributed by atoms with E-state index in [1.165, 1.54) is 13.8 Å². The van der Waals surface area contributed by atoms with Crippen LogP contribution >= 0.6 is 0 Å². The third-order valence-electron chi connectivity index (χ3n) is 4.58. The second-order valence-corrected chi connectivity index (χ2v) is 5.83. The van der Waals surface area contributed by atoms with Crippen LogP contribution < -0.4 is 0 Å². The van der Waals surface area contributed by atoms with Gasteiger partial charge in [-0.25, -0.2) is 0 Å². The fourth-order valence-electron chi connectivity index (χ4n) is 3.17. The predicted molar refractivity (Wildman–Crippen MR) is 73.9 cm³/mol. The first-order valence-corrected chi connectivity index (χ1v) is 7.02. The van der Waals surface area contributed by atoms with Gasteiger partial charge in [0, 0.05) is 18.5 Å². The standard InChI is InChI=1S/C15H25NO3/c1-6-7-16-9-15(12(4)18,13(5)19)8-14(10(16)2)11(3)17/h10,14H,6-9H2,1-5H3. The fraction of sp³-hybridized carbons (Fsp3) is 0.800. The summed E-state index contributed by atoms with van der Waals surface area (Å²) in [4.78, 5) is 38.0. The van der Waals surface area contributed by atoms with Crippen LogP contribution in [0.25, 0.3) is 0 Å². The average Bonchev–Trinajstić information content (AvgIpc) is 2.30. The van der Waals surface area contributed by atoms with Gasteiger partial charge in [-0.1, -0.05) is 6.92 Å². The third kappa shape index (κ3) is 2.94. The van der Waals surface area contributed by atoms with Gasteiger partial charge in [-0.2, -0.15) is 0 Å². The lowest BCUT2D eigenvalue weighted by Crippen LogP contribution is -2.59. The molecule has 4 nitrogen and oxygen atoms in total. The molecular formula is C15H25NO3. The van der Waals surface area contributed by atoms with Crippen molar-refractivity contribution in [3.8, 4) is 0 Å². The molecule has 4 heteroatoms. The largest absolute Gasteiger partial charge is 0.300 e. The molecule has 0 radical (unpaired) electrons. The highest BCUT2D eigenvalue weighted by Gasteiger charge is 2.50. The molecular weight excluding hydrogens is 242 g/mol. The first kappa shape index (κ1) is 16.0. The maximum atomic E-state index is 12.0. The van der Waals surface area contributed by atoms with E-state index >= 15 is 0 Å². The van der Waals surface area contributed by atoms with Crippen LogP contribution in [0, 0.1) is 11.3 Å². The highest BCUT2D eigenvalue weighted by Crippen LogP contribution is 2.38. The first-order valence-electron chi connectivity index (χ1n) is 7.02. The van der Waals surface area contributed by atoms with Crippen molar-refractivity contribution in [1.29, 1.82) is 0 Å². The van der Waals surface area contributed by atoms with Crippen LogP contribution in [0.5, 0.6) is 0 Å². The summed E-state index contributed by atoms with van der Waals surface area (Å²) in [7, 11) is 0. The number of carbonyl (C=O) groups excluding carboxylic acids is 3. The Balaban J connectivity index is 3.17. The molecule has 1 aliphatic rings. The Bertz CT molecular complexity index is 375. The van der Waals surface area contributed by atoms with Gasteiger partial charge >= 0.3 is 0 Å². The SMILES string of the molecule is CCCN1CC(C(C)=O)(C(C)=O)CC(C(C)=O)C1C. The smallest absolute Gasteiger partial charge is 0.144 e. The Morgan fingerprint density at radius 2 is 1.68 bits per heavy atom. The summed E-state index contributed by atoms with van der Waals surface area (Å²) < 4.78 is 0. The summed E-state index contributed by atoms with van der Waals surface area (Å²) in [6, 6.07) is 0.101. The molecule has 0 aromatic carbocycles. The molecule has 1 rings (SSSR count). The van der Waals surface area contributed by atoms with E-state index in [0.717, 1.165) is 13.0 Å². The van der Waals surface area contributed by atoms with Gasteiger partial charge in [-0.05, 0) is 47.1 Å². The van der Waals surface area contributed by atoms with E-state index in [1.54, 1.807) is 6.92 Å². The zero-order chi connectivity index (χ0) is 14.8. The molecule has 0 bridgehead atoms. The summed E-state index contributed by atoms with van der Waals surface area (Å²) in [5.41, 5.74) is -0.988. The van der Waals surface area contributed by atoms with Gasteiger partial charge in [0.2, 0.25) is 0 Å². The van der Waals surface area contributed by atoms with Crippen molar-refractivity contribution in [3.63, 3.8) is 0 Å². The van der Waals surface area contributed by atoms with Crippen molar-refractivity contribution in [1.82, 2.24) is 4.90 Å². The van der Waals surface area contributed by atoms with Gasteiger partial charge < -0.3 is 0 Å². The van der Waals surface area contributed by atoms with Gasteiger partial charge in [-0.15, -0.1) is 0 Å². The Morgan fingerprint density at radius 3 is 2.05 bits per heavy atom. The minimum Gasteiger partial charge on any atom is -0.300 e. The number of likely N-dealkylation sites (tertiary alicyclic amines) is 1. The molecule has 0 amide bonds. The third-order valence-corrected chi connectivity index (χ3v) is 4.58. The number of Topliss-reactive ketones (excluding diaryl/α,β-unsaturated/α-hetero) is 3. The van der Waals surface area contributed by atoms with Gasteiger partial charge in [0.25, 0.3) is 0 Å². The van der Waals surface area contributed by atoms with E-state index < -0.39 is 5.41 Å². The molecule has 2 unspecified atom stereocenters. The molecule has 0 aliphatic carbocycles. The molecule has 0 aromatic rings. The molecule has 0 saturated carbocycles. The monoisotopic (exact) mass is 267 g/mol. The van der Waals surface area contributed by atoms with Crippen LogP contribution in [0.3, 0.4) is 0 Å². The molecule has 1 aliphatic heterocycles. The molecule has 19 heavy (non-hydrogen) atoms. The van der Waals surface area contributed by atoms with Gasteiger partial charge in [0.05, 0.1) is 0 Å². The van der Waals surface area contributed by atoms with Crippen LogP contribution in [0.1, 0.15) is 47.5 Å². The van der Waals surface area contributed by atoms with Crippen molar-refractivity contribution in [2.24, 2.45) is 11.3 Å². The number of piperidine rings is 1. The number of nitrogens with zero attached hydrogens (tertiary/aromatic N) is 1. The van der Waals surface area contributed by atoms with E-state index in [-0.39, 0.29) is 29.3 Å². The molecule has 0 aromatic heterocycles. The van der Waals surface area contributed by atoms with E-state index in [1.807, 2.05) is 6.92 Å². The lowest BCUT2D eigenvalue weighted by molar-refractivity contribution is -0.147. The van der Waals surface area contributed by atoms with E-state index in [0.29, 0.717) is 13.0 Å². The number of rotatable bonds is 5. The number of hydrogen-bond donors (Lipinski definition) is 0. The lowest BCUT2D eigenvalue weighted by atomic mass is 9.67. The normalized spacial score (nSPS) is 27.0. The summed E-state index contributed by atoms with van der Waals surface area (Å²) in [5.74, 6) is -0.383. The van der Waals surface area contributed by atoms with Crippen molar-refractivity contribution in [2.45, 2.75) is 53.5 Å². The first-order chi connectivity index (χ1) is 8.76. The maximum absolute atomic E-state index is 12.0. The van der Waals surface area contributed by atoms with Gasteiger partial charge in [-0.3, -0.25) is 19.3 Å². The van der Waals surface area contributed by atoms with Crippen molar-refractivity contribution in [3.05, 3.63) is 0 Å². The average molecular weight is 267 g/mol. The maximum Gasteiger partial charge on any atom is 0.144 e. The Morgan fingerprint density at radius 1 is 1.16 bits per heavy atom. The predicted octanol–water partition coefficient (Wildman–Crippen LogP) is 1.86. The van der Waals surface area contributed by atoms with Crippen LogP contribution in [0.15, 0.2) is 0 Å². The Kier molecular flexibility index (Phi) is 5.02. The molecule has 1 saturated heterocycles. The number of ketones is 3. The zero-order valence-corrected chi connectivity index (χ0v) is 12.7. The minimum atomic E-state index is -0.988. The second-order valence-electron chi connectivity index (χ2n) is 5.83. The van der Waals surface area contributed by atoms with Crippen molar-refractivity contribution >= 4 is 17.3 Å². The van der Waals surface area contributed by atoms with Crippen LogP contribution in [0.2, 0.25) is 0 Å². The van der Waals surface area contributed by atoms with Gasteiger partial charge in [0.1, 0.15) is 22.8 Å². The quantitative estimate of drug-likeness (QED) is 0.713. The molecule has 0 N–H and O–H groups in total.